The highest BCUT2D eigenvalue weighted by molar-refractivity contribution is 7.09. The van der Waals surface area contributed by atoms with E-state index in [2.05, 4.69) is 20.4 Å². The van der Waals surface area contributed by atoms with Gasteiger partial charge in [0.2, 0.25) is 5.91 Å². The van der Waals surface area contributed by atoms with Gasteiger partial charge in [-0.1, -0.05) is 6.07 Å². The number of rotatable bonds is 4. The average molecular weight is 277 g/mol. The van der Waals surface area contributed by atoms with Gasteiger partial charge in [0.1, 0.15) is 12.2 Å². The first-order valence-electron chi connectivity index (χ1n) is 6.19. The van der Waals surface area contributed by atoms with Gasteiger partial charge in [-0.3, -0.25) is 9.69 Å². The van der Waals surface area contributed by atoms with Crippen LogP contribution >= 0.6 is 11.3 Å². The third-order valence-electron chi connectivity index (χ3n) is 3.12. The quantitative estimate of drug-likeness (QED) is 0.882. The first-order chi connectivity index (χ1) is 9.31. The predicted molar refractivity (Wildman–Crippen MR) is 71.5 cm³/mol. The van der Waals surface area contributed by atoms with Crippen LogP contribution in [0.1, 0.15) is 10.7 Å². The number of hydrogen-bond acceptors (Lipinski definition) is 5. The van der Waals surface area contributed by atoms with Crippen LogP contribution in [0.3, 0.4) is 0 Å². The van der Waals surface area contributed by atoms with Crippen molar-refractivity contribution in [3.63, 3.8) is 0 Å². The van der Waals surface area contributed by atoms with E-state index in [0.29, 0.717) is 19.6 Å². The van der Waals surface area contributed by atoms with Gasteiger partial charge < -0.3 is 9.88 Å². The second-order valence-corrected chi connectivity index (χ2v) is 5.54. The maximum Gasteiger partial charge on any atom is 0.234 e. The summed E-state index contributed by atoms with van der Waals surface area (Å²) in [6, 6.07) is 4.01. The van der Waals surface area contributed by atoms with Crippen LogP contribution in [0.4, 0.5) is 0 Å². The highest BCUT2D eigenvalue weighted by Crippen LogP contribution is 2.09. The number of aromatic nitrogens is 3. The molecule has 0 saturated carbocycles. The fourth-order valence-electron chi connectivity index (χ4n) is 2.11. The minimum atomic E-state index is 0.0568. The topological polar surface area (TPSA) is 63.1 Å². The SMILES string of the molecule is O=C(CN1CCn2cnnc2C1)NCc1cccs1. The standard InChI is InChI=1S/C12H15N5OS/c18-12(13-6-10-2-1-5-19-10)8-16-3-4-17-9-14-15-11(17)7-16/h1-2,5,9H,3-4,6-8H2,(H,13,18). The van der Waals surface area contributed by atoms with Crippen molar-refractivity contribution in [1.29, 1.82) is 0 Å². The molecule has 7 heteroatoms. The van der Waals surface area contributed by atoms with Gasteiger partial charge in [-0.2, -0.15) is 0 Å². The molecule has 0 bridgehead atoms. The highest BCUT2D eigenvalue weighted by Gasteiger charge is 2.19. The summed E-state index contributed by atoms with van der Waals surface area (Å²) in [6.07, 6.45) is 1.74. The Bertz CT molecular complexity index is 550. The van der Waals surface area contributed by atoms with Gasteiger partial charge >= 0.3 is 0 Å². The minimum Gasteiger partial charge on any atom is -0.350 e. The molecular formula is C12H15N5OS. The molecule has 0 aromatic carbocycles. The van der Waals surface area contributed by atoms with Crippen LogP contribution in [0, 0.1) is 0 Å². The molecule has 0 saturated heterocycles. The summed E-state index contributed by atoms with van der Waals surface area (Å²) in [4.78, 5) is 15.1. The van der Waals surface area contributed by atoms with Crippen LogP contribution in [0.25, 0.3) is 0 Å². The molecular weight excluding hydrogens is 262 g/mol. The van der Waals surface area contributed by atoms with E-state index in [9.17, 15) is 4.79 Å². The molecule has 0 atom stereocenters. The smallest absolute Gasteiger partial charge is 0.234 e. The van der Waals surface area contributed by atoms with Crippen molar-refractivity contribution in [2.75, 3.05) is 13.1 Å². The summed E-state index contributed by atoms with van der Waals surface area (Å²) in [6.45, 7) is 3.42. The third-order valence-corrected chi connectivity index (χ3v) is 4.00. The Balaban J connectivity index is 1.48. The number of amides is 1. The molecule has 1 aliphatic rings. The van der Waals surface area contributed by atoms with E-state index in [0.717, 1.165) is 18.9 Å². The normalized spacial score (nSPS) is 15.2. The Hall–Kier alpha value is -1.73. The molecule has 1 N–H and O–H groups in total. The van der Waals surface area contributed by atoms with Crippen molar-refractivity contribution in [1.82, 2.24) is 25.0 Å². The molecule has 19 heavy (non-hydrogen) atoms. The van der Waals surface area contributed by atoms with Gasteiger partial charge in [0.25, 0.3) is 0 Å². The number of carbonyl (C=O) groups is 1. The fourth-order valence-corrected chi connectivity index (χ4v) is 2.75. The van der Waals surface area contributed by atoms with Gasteiger partial charge in [0.15, 0.2) is 0 Å². The second kappa shape index (κ2) is 5.50. The molecule has 1 amide bonds. The van der Waals surface area contributed by atoms with Gasteiger partial charge in [-0.25, -0.2) is 0 Å². The molecule has 0 fully saturated rings. The zero-order chi connectivity index (χ0) is 13.1. The summed E-state index contributed by atoms with van der Waals surface area (Å²) in [5.74, 6) is 0.985. The first kappa shape index (κ1) is 12.3. The van der Waals surface area contributed by atoms with Crippen molar-refractivity contribution >= 4 is 17.2 Å². The first-order valence-corrected chi connectivity index (χ1v) is 7.07. The molecule has 1 aliphatic heterocycles. The molecule has 0 spiro atoms. The lowest BCUT2D eigenvalue weighted by atomic mass is 10.3. The molecule has 0 aliphatic carbocycles. The van der Waals surface area contributed by atoms with Crippen LogP contribution in [-0.2, 0) is 24.4 Å². The van der Waals surface area contributed by atoms with Crippen LogP contribution in [0.5, 0.6) is 0 Å². The Morgan fingerprint density at radius 1 is 1.47 bits per heavy atom. The summed E-state index contributed by atoms with van der Waals surface area (Å²) < 4.78 is 2.03. The number of thiophene rings is 1. The summed E-state index contributed by atoms with van der Waals surface area (Å²) in [5, 5.41) is 12.9. The fraction of sp³-hybridized carbons (Fsp3) is 0.417. The second-order valence-electron chi connectivity index (χ2n) is 4.51. The highest BCUT2D eigenvalue weighted by atomic mass is 32.1. The van der Waals surface area contributed by atoms with Gasteiger partial charge in [-0.15, -0.1) is 21.5 Å². The Morgan fingerprint density at radius 2 is 2.42 bits per heavy atom. The molecule has 0 unspecified atom stereocenters. The van der Waals surface area contributed by atoms with Crippen molar-refractivity contribution in [3.8, 4) is 0 Å². The van der Waals surface area contributed by atoms with Crippen LogP contribution in [0.2, 0.25) is 0 Å². The summed E-state index contributed by atoms with van der Waals surface area (Å²) in [5.41, 5.74) is 0. The van der Waals surface area contributed by atoms with Crippen molar-refractivity contribution in [2.45, 2.75) is 19.6 Å². The molecule has 100 valence electrons. The predicted octanol–water partition coefficient (Wildman–Crippen LogP) is 0.472. The van der Waals surface area contributed by atoms with E-state index in [1.807, 2.05) is 22.1 Å². The number of hydrogen-bond donors (Lipinski definition) is 1. The van der Waals surface area contributed by atoms with E-state index in [1.54, 1.807) is 17.7 Å². The van der Waals surface area contributed by atoms with Gasteiger partial charge in [0.05, 0.1) is 19.6 Å². The largest absolute Gasteiger partial charge is 0.350 e. The Kier molecular flexibility index (Phi) is 3.56. The zero-order valence-electron chi connectivity index (χ0n) is 10.5. The molecule has 3 heterocycles. The van der Waals surface area contributed by atoms with Gasteiger partial charge in [0, 0.05) is 18.0 Å². The molecule has 2 aromatic heterocycles. The molecule has 3 rings (SSSR count). The minimum absolute atomic E-state index is 0.0568. The molecule has 2 aromatic rings. The lowest BCUT2D eigenvalue weighted by Crippen LogP contribution is -2.41. The van der Waals surface area contributed by atoms with E-state index < -0.39 is 0 Å². The Labute approximate surface area is 115 Å². The van der Waals surface area contributed by atoms with Crippen molar-refractivity contribution in [2.24, 2.45) is 0 Å². The maximum absolute atomic E-state index is 11.9. The summed E-state index contributed by atoms with van der Waals surface area (Å²) >= 11 is 1.65. The van der Waals surface area contributed by atoms with Gasteiger partial charge in [-0.05, 0) is 11.4 Å². The Morgan fingerprint density at radius 3 is 3.26 bits per heavy atom. The molecule has 6 nitrogen and oxygen atoms in total. The van der Waals surface area contributed by atoms with E-state index >= 15 is 0 Å². The van der Waals surface area contributed by atoms with Crippen molar-refractivity contribution in [3.05, 3.63) is 34.5 Å². The average Bonchev–Trinajstić information content (AvgIpc) is 3.07. The van der Waals surface area contributed by atoms with Crippen LogP contribution < -0.4 is 5.32 Å². The van der Waals surface area contributed by atoms with Crippen LogP contribution in [-0.4, -0.2) is 38.7 Å². The van der Waals surface area contributed by atoms with E-state index in [1.165, 1.54) is 4.88 Å². The van der Waals surface area contributed by atoms with Crippen molar-refractivity contribution < 1.29 is 4.79 Å². The lowest BCUT2D eigenvalue weighted by molar-refractivity contribution is -0.122. The monoisotopic (exact) mass is 277 g/mol. The number of carbonyl (C=O) groups excluding carboxylic acids is 1. The van der Waals surface area contributed by atoms with E-state index in [4.69, 9.17) is 0 Å². The lowest BCUT2D eigenvalue weighted by Gasteiger charge is -2.26. The number of nitrogens with zero attached hydrogens (tertiary/aromatic N) is 4. The maximum atomic E-state index is 11.9. The zero-order valence-corrected chi connectivity index (χ0v) is 11.3. The number of nitrogens with one attached hydrogen (secondary N) is 1. The van der Waals surface area contributed by atoms with E-state index in [-0.39, 0.29) is 5.91 Å². The summed E-state index contributed by atoms with van der Waals surface area (Å²) in [7, 11) is 0. The van der Waals surface area contributed by atoms with Crippen LogP contribution in [0.15, 0.2) is 23.8 Å². The number of fused-ring (bicyclic) bond motifs is 1. The molecule has 0 radical (unpaired) electrons. The third kappa shape index (κ3) is 2.99.